The van der Waals surface area contributed by atoms with Gasteiger partial charge in [0.1, 0.15) is 0 Å². The van der Waals surface area contributed by atoms with E-state index in [2.05, 4.69) is 13.8 Å². The highest BCUT2D eigenvalue weighted by Gasteiger charge is 2.15. The number of hydrogen-bond acceptors (Lipinski definition) is 2. The first-order valence-corrected chi connectivity index (χ1v) is 5.16. The van der Waals surface area contributed by atoms with E-state index >= 15 is 0 Å². The van der Waals surface area contributed by atoms with Gasteiger partial charge in [0.05, 0.1) is 6.04 Å². The lowest BCUT2D eigenvalue weighted by molar-refractivity contribution is -0.119. The fraction of sp³-hybridized carbons (Fsp3) is 0.900. The minimum Gasteiger partial charge on any atom is -0.368 e. The SMILES string of the molecule is CCCCC(CC)CC(N)C(N)=O. The maximum atomic E-state index is 10.7. The van der Waals surface area contributed by atoms with Crippen LogP contribution in [-0.4, -0.2) is 11.9 Å². The van der Waals surface area contributed by atoms with Gasteiger partial charge in [0, 0.05) is 0 Å². The smallest absolute Gasteiger partial charge is 0.234 e. The second-order valence-electron chi connectivity index (χ2n) is 3.66. The quantitative estimate of drug-likeness (QED) is 0.631. The van der Waals surface area contributed by atoms with Crippen molar-refractivity contribution in [2.45, 2.75) is 52.0 Å². The van der Waals surface area contributed by atoms with Crippen LogP contribution in [0.25, 0.3) is 0 Å². The van der Waals surface area contributed by atoms with Gasteiger partial charge in [-0.15, -0.1) is 0 Å². The summed E-state index contributed by atoms with van der Waals surface area (Å²) in [6.07, 6.45) is 5.40. The minimum absolute atomic E-state index is 0.380. The summed E-state index contributed by atoms with van der Waals surface area (Å²) < 4.78 is 0. The highest BCUT2D eigenvalue weighted by Crippen LogP contribution is 2.17. The average Bonchev–Trinajstić information content (AvgIpc) is 2.11. The number of hydrogen-bond donors (Lipinski definition) is 2. The molecule has 0 fully saturated rings. The van der Waals surface area contributed by atoms with Crippen molar-refractivity contribution in [2.75, 3.05) is 0 Å². The van der Waals surface area contributed by atoms with E-state index in [9.17, 15) is 4.79 Å². The van der Waals surface area contributed by atoms with Gasteiger partial charge >= 0.3 is 0 Å². The maximum absolute atomic E-state index is 10.7. The van der Waals surface area contributed by atoms with Gasteiger partial charge in [-0.2, -0.15) is 0 Å². The van der Waals surface area contributed by atoms with Crippen molar-refractivity contribution < 1.29 is 4.79 Å². The fourth-order valence-electron chi connectivity index (χ4n) is 1.46. The van der Waals surface area contributed by atoms with E-state index in [0.29, 0.717) is 5.92 Å². The molecule has 0 spiro atoms. The van der Waals surface area contributed by atoms with E-state index in [-0.39, 0.29) is 5.91 Å². The van der Waals surface area contributed by atoms with Crippen LogP contribution in [0.1, 0.15) is 46.0 Å². The first kappa shape index (κ1) is 12.4. The summed E-state index contributed by atoms with van der Waals surface area (Å²) in [5.41, 5.74) is 10.7. The Balaban J connectivity index is 3.75. The van der Waals surface area contributed by atoms with E-state index < -0.39 is 6.04 Å². The molecule has 1 amide bonds. The number of amides is 1. The van der Waals surface area contributed by atoms with Crippen LogP contribution in [0.15, 0.2) is 0 Å². The number of nitrogens with two attached hydrogens (primary N) is 2. The molecular formula is C10H22N2O. The number of rotatable bonds is 7. The second-order valence-corrected chi connectivity index (χ2v) is 3.66. The molecule has 0 rings (SSSR count). The Morgan fingerprint density at radius 3 is 2.38 bits per heavy atom. The monoisotopic (exact) mass is 186 g/mol. The van der Waals surface area contributed by atoms with Gasteiger partial charge < -0.3 is 11.5 Å². The van der Waals surface area contributed by atoms with Gasteiger partial charge in [-0.1, -0.05) is 39.5 Å². The van der Waals surface area contributed by atoms with Crippen LogP contribution in [0.4, 0.5) is 0 Å². The predicted molar refractivity (Wildman–Crippen MR) is 55.1 cm³/mol. The van der Waals surface area contributed by atoms with E-state index in [0.717, 1.165) is 19.3 Å². The van der Waals surface area contributed by atoms with Crippen LogP contribution >= 0.6 is 0 Å². The van der Waals surface area contributed by atoms with Crippen molar-refractivity contribution in [3.8, 4) is 0 Å². The van der Waals surface area contributed by atoms with Gasteiger partial charge in [-0.3, -0.25) is 4.79 Å². The molecule has 3 heteroatoms. The molecule has 0 aromatic heterocycles. The Kier molecular flexibility index (Phi) is 6.59. The van der Waals surface area contributed by atoms with Crippen molar-refractivity contribution in [1.82, 2.24) is 0 Å². The van der Waals surface area contributed by atoms with Crippen LogP contribution in [0, 0.1) is 5.92 Å². The zero-order valence-corrected chi connectivity index (χ0v) is 8.75. The molecule has 78 valence electrons. The molecule has 0 aromatic carbocycles. The summed E-state index contributed by atoms with van der Waals surface area (Å²) in [5, 5.41) is 0. The lowest BCUT2D eigenvalue weighted by Gasteiger charge is -2.17. The van der Waals surface area contributed by atoms with Crippen LogP contribution in [0.2, 0.25) is 0 Å². The summed E-state index contributed by atoms with van der Waals surface area (Å²) >= 11 is 0. The van der Waals surface area contributed by atoms with Crippen molar-refractivity contribution in [3.05, 3.63) is 0 Å². The van der Waals surface area contributed by atoms with E-state index in [1.165, 1.54) is 12.8 Å². The average molecular weight is 186 g/mol. The van der Waals surface area contributed by atoms with E-state index in [1.54, 1.807) is 0 Å². The Labute approximate surface area is 80.9 Å². The standard InChI is InChI=1S/C10H22N2O/c1-3-5-6-8(4-2)7-9(11)10(12)13/h8-9H,3-7,11H2,1-2H3,(H2,12,13). The highest BCUT2D eigenvalue weighted by atomic mass is 16.1. The Morgan fingerprint density at radius 1 is 1.38 bits per heavy atom. The molecule has 0 aliphatic rings. The molecule has 0 bridgehead atoms. The van der Waals surface area contributed by atoms with Crippen LogP contribution in [0.5, 0.6) is 0 Å². The van der Waals surface area contributed by atoms with Gasteiger partial charge in [-0.05, 0) is 12.3 Å². The lowest BCUT2D eigenvalue weighted by Crippen LogP contribution is -2.37. The molecule has 2 atom stereocenters. The molecule has 0 heterocycles. The van der Waals surface area contributed by atoms with Crippen LogP contribution in [-0.2, 0) is 4.79 Å². The molecule has 2 unspecified atom stereocenters. The molecule has 0 aliphatic carbocycles. The summed E-state index contributed by atoms with van der Waals surface area (Å²) in [5.74, 6) is 0.178. The normalized spacial score (nSPS) is 15.3. The van der Waals surface area contributed by atoms with Gasteiger partial charge in [0.15, 0.2) is 0 Å². The predicted octanol–water partition coefficient (Wildman–Crippen LogP) is 1.41. The number of carbonyl (C=O) groups is 1. The third-order valence-corrected chi connectivity index (χ3v) is 2.50. The minimum atomic E-state index is -0.457. The zero-order chi connectivity index (χ0) is 10.3. The van der Waals surface area contributed by atoms with E-state index in [1.807, 2.05) is 0 Å². The molecule has 0 saturated carbocycles. The molecule has 4 N–H and O–H groups in total. The molecular weight excluding hydrogens is 164 g/mol. The Bertz CT molecular complexity index is 148. The second kappa shape index (κ2) is 6.89. The lowest BCUT2D eigenvalue weighted by atomic mass is 9.92. The van der Waals surface area contributed by atoms with Gasteiger partial charge in [0.2, 0.25) is 5.91 Å². The molecule has 0 aromatic rings. The van der Waals surface area contributed by atoms with Crippen molar-refractivity contribution in [3.63, 3.8) is 0 Å². The topological polar surface area (TPSA) is 69.1 Å². The summed E-state index contributed by atoms with van der Waals surface area (Å²) in [7, 11) is 0. The number of unbranched alkanes of at least 4 members (excludes halogenated alkanes) is 1. The van der Waals surface area contributed by atoms with Crippen molar-refractivity contribution in [1.29, 1.82) is 0 Å². The van der Waals surface area contributed by atoms with Crippen LogP contribution in [0.3, 0.4) is 0 Å². The highest BCUT2D eigenvalue weighted by molar-refractivity contribution is 5.79. The summed E-state index contributed by atoms with van der Waals surface area (Å²) in [6, 6.07) is -0.457. The van der Waals surface area contributed by atoms with E-state index in [4.69, 9.17) is 11.5 Å². The molecule has 0 radical (unpaired) electrons. The van der Waals surface area contributed by atoms with Gasteiger partial charge in [-0.25, -0.2) is 0 Å². The molecule has 0 aliphatic heterocycles. The third kappa shape index (κ3) is 5.64. The number of primary amides is 1. The Morgan fingerprint density at radius 2 is 2.00 bits per heavy atom. The molecule has 0 saturated heterocycles. The van der Waals surface area contributed by atoms with Crippen LogP contribution < -0.4 is 11.5 Å². The zero-order valence-electron chi connectivity index (χ0n) is 8.75. The largest absolute Gasteiger partial charge is 0.368 e. The fourth-order valence-corrected chi connectivity index (χ4v) is 1.46. The first-order valence-electron chi connectivity index (χ1n) is 5.16. The van der Waals surface area contributed by atoms with Crippen molar-refractivity contribution in [2.24, 2.45) is 17.4 Å². The van der Waals surface area contributed by atoms with Gasteiger partial charge in [0.25, 0.3) is 0 Å². The van der Waals surface area contributed by atoms with Crippen molar-refractivity contribution >= 4 is 5.91 Å². The summed E-state index contributed by atoms with van der Waals surface area (Å²) in [4.78, 5) is 10.7. The molecule has 3 nitrogen and oxygen atoms in total. The maximum Gasteiger partial charge on any atom is 0.234 e. The number of carbonyl (C=O) groups excluding carboxylic acids is 1. The first-order chi connectivity index (χ1) is 6.11. The summed E-state index contributed by atoms with van der Waals surface area (Å²) in [6.45, 7) is 4.30. The Hall–Kier alpha value is -0.570. The third-order valence-electron chi connectivity index (χ3n) is 2.50. The molecule has 13 heavy (non-hydrogen) atoms.